The van der Waals surface area contributed by atoms with Crippen molar-refractivity contribution in [2.75, 3.05) is 13.2 Å². The molecule has 0 amide bonds. The van der Waals surface area contributed by atoms with E-state index in [1.165, 1.54) is 44.9 Å². The Morgan fingerprint density at radius 2 is 1.78 bits per heavy atom. The van der Waals surface area contributed by atoms with Gasteiger partial charge in [-0.2, -0.15) is 0 Å². The van der Waals surface area contributed by atoms with Gasteiger partial charge in [0.2, 0.25) is 0 Å². The molecule has 3 aliphatic rings. The lowest BCUT2D eigenvalue weighted by atomic mass is 9.67. The molecular weight excluding hydrogens is 281 g/mol. The van der Waals surface area contributed by atoms with Gasteiger partial charge in [0.05, 0.1) is 26.6 Å². The predicted octanol–water partition coefficient (Wildman–Crippen LogP) is 4.44. The van der Waals surface area contributed by atoms with Crippen LogP contribution >= 0.6 is 0 Å². The molecule has 1 saturated carbocycles. The fraction of sp³-hybridized carbons (Fsp3) is 1.00. The normalized spacial score (nSPS) is 38.2. The quantitative estimate of drug-likeness (QED) is 0.714. The summed E-state index contributed by atoms with van der Waals surface area (Å²) in [6.45, 7) is 11.4. The number of hydrogen-bond donors (Lipinski definition) is 0. The number of rotatable bonds is 3. The van der Waals surface area contributed by atoms with Crippen molar-refractivity contribution in [2.45, 2.75) is 96.1 Å². The molecule has 1 spiro atoms. The van der Waals surface area contributed by atoms with Gasteiger partial charge in [0.1, 0.15) is 0 Å². The second-order valence-corrected chi connectivity index (χ2v) is 9.20. The third-order valence-corrected chi connectivity index (χ3v) is 6.71. The summed E-state index contributed by atoms with van der Waals surface area (Å²) in [7, 11) is 6.54. The van der Waals surface area contributed by atoms with Gasteiger partial charge in [0.15, 0.2) is 0 Å². The molecule has 2 saturated heterocycles. The average Bonchev–Trinajstić information content (AvgIpc) is 2.72. The summed E-state index contributed by atoms with van der Waals surface area (Å²) >= 11 is 0. The largest absolute Gasteiger partial charge is 0.377 e. The third kappa shape index (κ3) is 3.25. The molecule has 1 aliphatic carbocycles. The fourth-order valence-corrected chi connectivity index (χ4v) is 5.95. The molecule has 4 unspecified atom stereocenters. The van der Waals surface area contributed by atoms with Crippen LogP contribution in [0.1, 0.15) is 72.6 Å². The van der Waals surface area contributed by atoms with Crippen LogP contribution < -0.4 is 0 Å². The monoisotopic (exact) mass is 317 g/mol. The second kappa shape index (κ2) is 7.08. The number of hydrogen-bond acceptors (Lipinski definition) is 2. The van der Waals surface area contributed by atoms with Gasteiger partial charge in [-0.1, -0.05) is 51.8 Å². The van der Waals surface area contributed by atoms with Crippen LogP contribution in [0.5, 0.6) is 0 Å². The van der Waals surface area contributed by atoms with Crippen LogP contribution in [-0.2, 0) is 4.74 Å². The zero-order chi connectivity index (χ0) is 16.6. The van der Waals surface area contributed by atoms with Gasteiger partial charge in [0, 0.05) is 12.1 Å². The van der Waals surface area contributed by atoms with Gasteiger partial charge in [-0.3, -0.25) is 4.90 Å². The summed E-state index contributed by atoms with van der Waals surface area (Å²) < 4.78 is 5.80. The van der Waals surface area contributed by atoms with Crippen LogP contribution in [0.15, 0.2) is 0 Å². The first-order valence-electron chi connectivity index (χ1n) is 10.1. The van der Waals surface area contributed by atoms with E-state index in [1.807, 2.05) is 0 Å². The van der Waals surface area contributed by atoms with E-state index in [1.54, 1.807) is 0 Å². The maximum absolute atomic E-state index is 6.54. The van der Waals surface area contributed by atoms with E-state index >= 15 is 0 Å². The van der Waals surface area contributed by atoms with Gasteiger partial charge in [0.25, 0.3) is 0 Å². The molecule has 2 aliphatic heterocycles. The Morgan fingerprint density at radius 1 is 1.09 bits per heavy atom. The zero-order valence-corrected chi connectivity index (χ0v) is 15.8. The van der Waals surface area contributed by atoms with Crippen molar-refractivity contribution in [3.63, 3.8) is 0 Å². The van der Waals surface area contributed by atoms with Crippen molar-refractivity contribution in [1.29, 1.82) is 0 Å². The highest BCUT2D eigenvalue weighted by Crippen LogP contribution is 2.54. The molecule has 2 heterocycles. The van der Waals surface area contributed by atoms with Crippen LogP contribution in [0.2, 0.25) is 5.82 Å². The van der Waals surface area contributed by atoms with E-state index in [2.05, 4.69) is 32.6 Å². The number of likely N-dealkylation sites (tertiary alicyclic amines) is 1. The fourth-order valence-electron chi connectivity index (χ4n) is 5.95. The summed E-state index contributed by atoms with van der Waals surface area (Å²) in [4.78, 5) is 2.88. The van der Waals surface area contributed by atoms with Crippen LogP contribution in [0.3, 0.4) is 0 Å². The van der Waals surface area contributed by atoms with E-state index in [0.717, 1.165) is 37.0 Å². The predicted molar refractivity (Wildman–Crippen MR) is 98.0 cm³/mol. The van der Waals surface area contributed by atoms with E-state index in [4.69, 9.17) is 12.6 Å². The summed E-state index contributed by atoms with van der Waals surface area (Å²) in [5, 5.41) is 0. The molecule has 3 rings (SSSR count). The lowest BCUT2D eigenvalue weighted by Gasteiger charge is -2.52. The summed E-state index contributed by atoms with van der Waals surface area (Å²) in [5.41, 5.74) is 0.312. The third-order valence-electron chi connectivity index (χ3n) is 6.71. The molecule has 2 radical (unpaired) electrons. The molecule has 130 valence electrons. The molecule has 0 aromatic carbocycles. The smallest absolute Gasteiger partial charge is 0.0715 e. The Balaban J connectivity index is 1.94. The first kappa shape index (κ1) is 17.8. The lowest BCUT2D eigenvalue weighted by Crippen LogP contribution is -2.65. The molecule has 0 bridgehead atoms. The number of fused-ring (bicyclic) bond motifs is 1. The van der Waals surface area contributed by atoms with Crippen LogP contribution in [0.4, 0.5) is 0 Å². The SMILES string of the molecule is [B]C1CCCCCC2C(C1)C(CC(C)C)C1(COC1)N2C(C)C. The van der Waals surface area contributed by atoms with Gasteiger partial charge in [-0.25, -0.2) is 0 Å². The Morgan fingerprint density at radius 3 is 2.35 bits per heavy atom. The molecule has 4 atom stereocenters. The Labute approximate surface area is 145 Å². The van der Waals surface area contributed by atoms with E-state index in [0.29, 0.717) is 17.4 Å². The molecule has 23 heavy (non-hydrogen) atoms. The molecule has 0 aromatic rings. The molecule has 2 nitrogen and oxygen atoms in total. The van der Waals surface area contributed by atoms with Crippen molar-refractivity contribution in [2.24, 2.45) is 17.8 Å². The topological polar surface area (TPSA) is 12.5 Å². The number of nitrogens with zero attached hydrogens (tertiary/aromatic N) is 1. The lowest BCUT2D eigenvalue weighted by molar-refractivity contribution is -0.161. The summed E-state index contributed by atoms with van der Waals surface area (Å²) in [6.07, 6.45) is 9.22. The first-order valence-corrected chi connectivity index (χ1v) is 10.1. The van der Waals surface area contributed by atoms with Crippen molar-refractivity contribution in [3.05, 3.63) is 0 Å². The van der Waals surface area contributed by atoms with Crippen LogP contribution in [0, 0.1) is 17.8 Å². The molecule has 3 heteroatoms. The Kier molecular flexibility index (Phi) is 5.48. The van der Waals surface area contributed by atoms with E-state index in [9.17, 15) is 0 Å². The van der Waals surface area contributed by atoms with Crippen molar-refractivity contribution in [3.8, 4) is 0 Å². The average molecular weight is 317 g/mol. The van der Waals surface area contributed by atoms with E-state index in [-0.39, 0.29) is 0 Å². The standard InChI is InChI=1S/C20H36BNO/c1-14(2)10-18-17-11-16(21)8-6-5-7-9-19(17)22(15(3)4)20(18)12-23-13-20/h14-19H,5-13H2,1-4H3. The van der Waals surface area contributed by atoms with Crippen molar-refractivity contribution < 1.29 is 4.74 Å². The second-order valence-electron chi connectivity index (χ2n) is 9.20. The zero-order valence-electron chi connectivity index (χ0n) is 15.8. The van der Waals surface area contributed by atoms with Crippen molar-refractivity contribution in [1.82, 2.24) is 4.90 Å². The summed E-state index contributed by atoms with van der Waals surface area (Å²) in [5.74, 6) is 2.71. The summed E-state index contributed by atoms with van der Waals surface area (Å²) in [6, 6.07) is 1.34. The molecule has 0 aromatic heterocycles. The Hall–Kier alpha value is -0.0151. The molecule has 3 fully saturated rings. The Bertz CT molecular complexity index is 393. The van der Waals surface area contributed by atoms with Crippen LogP contribution in [0.25, 0.3) is 0 Å². The minimum atomic E-state index is 0.312. The highest BCUT2D eigenvalue weighted by atomic mass is 16.5. The van der Waals surface area contributed by atoms with Gasteiger partial charge in [-0.05, 0) is 44.4 Å². The van der Waals surface area contributed by atoms with Crippen LogP contribution in [-0.4, -0.2) is 43.6 Å². The van der Waals surface area contributed by atoms with Gasteiger partial charge >= 0.3 is 0 Å². The number of ether oxygens (including phenoxy) is 1. The highest BCUT2D eigenvalue weighted by Gasteiger charge is 2.62. The van der Waals surface area contributed by atoms with Gasteiger partial charge in [-0.15, -0.1) is 0 Å². The minimum absolute atomic E-state index is 0.312. The molecule has 0 N–H and O–H groups in total. The maximum Gasteiger partial charge on any atom is 0.0715 e. The van der Waals surface area contributed by atoms with Crippen molar-refractivity contribution >= 4 is 7.85 Å². The molecular formula is C20H36BNO. The first-order chi connectivity index (χ1) is 11.0. The minimum Gasteiger partial charge on any atom is -0.377 e. The highest BCUT2D eigenvalue weighted by molar-refractivity contribution is 6.11. The van der Waals surface area contributed by atoms with E-state index < -0.39 is 0 Å². The maximum atomic E-state index is 6.54. The van der Waals surface area contributed by atoms with Gasteiger partial charge < -0.3 is 4.74 Å².